The molecular weight excluding hydrogens is 344 g/mol. The van der Waals surface area contributed by atoms with E-state index in [1.807, 2.05) is 0 Å². The van der Waals surface area contributed by atoms with Gasteiger partial charge in [0.15, 0.2) is 11.9 Å². The summed E-state index contributed by atoms with van der Waals surface area (Å²) in [7, 11) is -3.95. The summed E-state index contributed by atoms with van der Waals surface area (Å²) in [5.74, 6) is -0.641. The molecule has 0 spiro atoms. The van der Waals surface area contributed by atoms with Gasteiger partial charge in [-0.05, 0) is 31.2 Å². The van der Waals surface area contributed by atoms with Gasteiger partial charge in [0.25, 0.3) is 15.9 Å². The molecule has 0 fully saturated rings. The molecule has 2 N–H and O–H groups in total. The van der Waals surface area contributed by atoms with Crippen LogP contribution in [0.2, 0.25) is 0 Å². The van der Waals surface area contributed by atoms with Gasteiger partial charge >= 0.3 is 0 Å². The molecule has 1 aliphatic rings. The smallest absolute Gasteiger partial charge is 0.264 e. The maximum Gasteiger partial charge on any atom is 0.264 e. The maximum absolute atomic E-state index is 13.0. The third-order valence-corrected chi connectivity index (χ3v) is 5.69. The van der Waals surface area contributed by atoms with Crippen LogP contribution in [0, 0.1) is 0 Å². The lowest BCUT2D eigenvalue weighted by molar-refractivity contribution is -0.124. The topological polar surface area (TPSA) is 107 Å². The molecule has 0 saturated carbocycles. The van der Waals surface area contributed by atoms with Gasteiger partial charge in [-0.15, -0.1) is 0 Å². The number of rotatable bonds is 4. The van der Waals surface area contributed by atoms with Crippen molar-refractivity contribution in [1.82, 2.24) is 0 Å². The Morgan fingerprint density at radius 2 is 1.76 bits per heavy atom. The number of carbonyl (C=O) groups is 2. The van der Waals surface area contributed by atoms with Gasteiger partial charge in [0.2, 0.25) is 0 Å². The standard InChI is InChI=1S/C17H16N2O5S/c1-11(20)12-6-8-13(9-7-12)25(22,23)19-10-16(17(18)21)24-15-5-3-2-4-14(15)19/h2-9,16H,10H2,1H3,(H2,18,21)/t16-/m0/s1. The molecule has 8 heteroatoms. The first-order valence-corrected chi connectivity index (χ1v) is 8.93. The number of ether oxygens (including phenoxy) is 1. The number of ketones is 1. The number of amides is 1. The molecule has 7 nitrogen and oxygen atoms in total. The van der Waals surface area contributed by atoms with Crippen molar-refractivity contribution < 1.29 is 22.7 Å². The lowest BCUT2D eigenvalue weighted by Gasteiger charge is -2.34. The van der Waals surface area contributed by atoms with E-state index in [2.05, 4.69) is 0 Å². The molecule has 0 aromatic heterocycles. The summed E-state index contributed by atoms with van der Waals surface area (Å²) in [5, 5.41) is 0. The normalized spacial score (nSPS) is 16.7. The molecular formula is C17H16N2O5S. The molecule has 0 bridgehead atoms. The van der Waals surface area contributed by atoms with Gasteiger partial charge in [-0.2, -0.15) is 0 Å². The average molecular weight is 360 g/mol. The fourth-order valence-corrected chi connectivity index (χ4v) is 4.04. The second kappa shape index (κ2) is 6.21. The first-order chi connectivity index (χ1) is 11.8. The quantitative estimate of drug-likeness (QED) is 0.828. The average Bonchev–Trinajstić information content (AvgIpc) is 2.60. The molecule has 2 aromatic rings. The summed E-state index contributed by atoms with van der Waals surface area (Å²) in [6.07, 6.45) is -1.08. The van der Waals surface area contributed by atoms with E-state index < -0.39 is 22.0 Å². The number of para-hydroxylation sites is 2. The SMILES string of the molecule is CC(=O)c1ccc(S(=O)(=O)N2C[C@@H](C(N)=O)Oc3ccccc32)cc1. The number of carbonyl (C=O) groups excluding carboxylic acids is 2. The number of fused-ring (bicyclic) bond motifs is 1. The minimum atomic E-state index is -3.95. The summed E-state index contributed by atoms with van der Waals surface area (Å²) < 4.78 is 32.6. The molecule has 3 rings (SSSR count). The molecule has 0 radical (unpaired) electrons. The van der Waals surface area contributed by atoms with Gasteiger partial charge in [0.1, 0.15) is 5.75 Å². The van der Waals surface area contributed by atoms with E-state index in [4.69, 9.17) is 10.5 Å². The Balaban J connectivity index is 2.06. The number of primary amides is 1. The van der Waals surface area contributed by atoms with Crippen LogP contribution < -0.4 is 14.8 Å². The highest BCUT2D eigenvalue weighted by atomic mass is 32.2. The van der Waals surface area contributed by atoms with Crippen molar-refractivity contribution in [1.29, 1.82) is 0 Å². The van der Waals surface area contributed by atoms with Gasteiger partial charge in [0, 0.05) is 5.56 Å². The van der Waals surface area contributed by atoms with E-state index in [0.29, 0.717) is 11.3 Å². The highest BCUT2D eigenvalue weighted by molar-refractivity contribution is 7.92. The van der Waals surface area contributed by atoms with Gasteiger partial charge in [-0.1, -0.05) is 24.3 Å². The van der Waals surface area contributed by atoms with Crippen LogP contribution in [0.4, 0.5) is 5.69 Å². The Bertz CT molecular complexity index is 938. The van der Waals surface area contributed by atoms with Crippen LogP contribution in [-0.4, -0.2) is 32.8 Å². The van der Waals surface area contributed by atoms with Crippen molar-refractivity contribution in [2.75, 3.05) is 10.8 Å². The van der Waals surface area contributed by atoms with Crippen molar-refractivity contribution in [3.63, 3.8) is 0 Å². The predicted molar refractivity (Wildman–Crippen MR) is 91.0 cm³/mol. The molecule has 1 amide bonds. The number of hydrogen-bond acceptors (Lipinski definition) is 5. The van der Waals surface area contributed by atoms with Crippen LogP contribution in [0.3, 0.4) is 0 Å². The van der Waals surface area contributed by atoms with Gasteiger partial charge in [-0.25, -0.2) is 8.42 Å². The molecule has 130 valence electrons. The Hall–Kier alpha value is -2.87. The van der Waals surface area contributed by atoms with Gasteiger partial charge in [0.05, 0.1) is 17.1 Å². The molecule has 1 heterocycles. The third kappa shape index (κ3) is 3.08. The zero-order valence-corrected chi connectivity index (χ0v) is 14.2. The summed E-state index contributed by atoms with van der Waals surface area (Å²) in [5.41, 5.74) is 6.04. The van der Waals surface area contributed by atoms with Crippen molar-refractivity contribution in [2.45, 2.75) is 17.9 Å². The van der Waals surface area contributed by atoms with Crippen molar-refractivity contribution >= 4 is 27.4 Å². The zero-order chi connectivity index (χ0) is 18.2. The summed E-state index contributed by atoms with van der Waals surface area (Å²) in [6.45, 7) is 1.18. The Kier molecular flexibility index (Phi) is 4.22. The highest BCUT2D eigenvalue weighted by Crippen LogP contribution is 2.36. The number of hydrogen-bond donors (Lipinski definition) is 1. The van der Waals surface area contributed by atoms with Crippen LogP contribution in [0.25, 0.3) is 0 Å². The largest absolute Gasteiger partial charge is 0.476 e. The maximum atomic E-state index is 13.0. The highest BCUT2D eigenvalue weighted by Gasteiger charge is 2.36. The second-order valence-electron chi connectivity index (χ2n) is 5.59. The van der Waals surface area contributed by atoms with Crippen molar-refractivity contribution in [2.24, 2.45) is 5.73 Å². The molecule has 0 aliphatic carbocycles. The predicted octanol–water partition coefficient (Wildman–Crippen LogP) is 1.33. The second-order valence-corrected chi connectivity index (χ2v) is 7.46. The molecule has 1 aliphatic heterocycles. The van der Waals surface area contributed by atoms with Crippen LogP contribution in [-0.2, 0) is 14.8 Å². The summed E-state index contributed by atoms with van der Waals surface area (Å²) >= 11 is 0. The Morgan fingerprint density at radius 1 is 1.12 bits per heavy atom. The van der Waals surface area contributed by atoms with Crippen LogP contribution in [0.15, 0.2) is 53.4 Å². The Labute approximate surface area is 145 Å². The van der Waals surface area contributed by atoms with E-state index in [-0.39, 0.29) is 23.0 Å². The lowest BCUT2D eigenvalue weighted by atomic mass is 10.2. The van der Waals surface area contributed by atoms with E-state index in [0.717, 1.165) is 4.31 Å². The number of anilines is 1. The van der Waals surface area contributed by atoms with E-state index in [1.54, 1.807) is 24.3 Å². The Morgan fingerprint density at radius 3 is 2.36 bits per heavy atom. The van der Waals surface area contributed by atoms with Gasteiger partial charge < -0.3 is 10.5 Å². The lowest BCUT2D eigenvalue weighted by Crippen LogP contribution is -2.49. The van der Waals surface area contributed by atoms with E-state index in [1.165, 1.54) is 31.2 Å². The fraction of sp³-hybridized carbons (Fsp3) is 0.176. The molecule has 0 saturated heterocycles. The molecule has 2 aromatic carbocycles. The minimum Gasteiger partial charge on any atom is -0.476 e. The molecule has 25 heavy (non-hydrogen) atoms. The monoisotopic (exact) mass is 360 g/mol. The van der Waals surface area contributed by atoms with E-state index >= 15 is 0 Å². The number of nitrogens with zero attached hydrogens (tertiary/aromatic N) is 1. The van der Waals surface area contributed by atoms with Crippen LogP contribution in [0.5, 0.6) is 5.75 Å². The van der Waals surface area contributed by atoms with Crippen molar-refractivity contribution in [3.8, 4) is 5.75 Å². The third-order valence-electron chi connectivity index (χ3n) is 3.90. The first-order valence-electron chi connectivity index (χ1n) is 7.49. The van der Waals surface area contributed by atoms with Crippen LogP contribution in [0.1, 0.15) is 17.3 Å². The number of Topliss-reactive ketones (excluding diaryl/α,β-unsaturated/α-hetero) is 1. The fourth-order valence-electron chi connectivity index (χ4n) is 2.57. The minimum absolute atomic E-state index is 0.0115. The number of benzene rings is 2. The molecule has 1 atom stereocenters. The van der Waals surface area contributed by atoms with Crippen LogP contribution >= 0.6 is 0 Å². The van der Waals surface area contributed by atoms with Gasteiger partial charge in [-0.3, -0.25) is 13.9 Å². The molecule has 0 unspecified atom stereocenters. The number of nitrogens with two attached hydrogens (primary N) is 1. The zero-order valence-electron chi connectivity index (χ0n) is 13.4. The summed E-state index contributed by atoms with van der Waals surface area (Å²) in [6, 6.07) is 12.1. The first kappa shape index (κ1) is 17.0. The number of sulfonamides is 1. The summed E-state index contributed by atoms with van der Waals surface area (Å²) in [4.78, 5) is 22.9. The van der Waals surface area contributed by atoms with Crippen molar-refractivity contribution in [3.05, 3.63) is 54.1 Å². The van der Waals surface area contributed by atoms with E-state index in [9.17, 15) is 18.0 Å².